The van der Waals surface area contributed by atoms with Gasteiger partial charge >= 0.3 is 0 Å². The average molecular weight is 413 g/mol. The first-order valence-electron chi connectivity index (χ1n) is 10.6. The molecule has 2 saturated heterocycles. The molecule has 156 valence electrons. The molecular weight excluding hydrogens is 380 g/mol. The van der Waals surface area contributed by atoms with E-state index in [1.165, 1.54) is 0 Å². The Kier molecular flexibility index (Phi) is 5.64. The lowest BCUT2D eigenvalue weighted by Crippen LogP contribution is -2.36. The van der Waals surface area contributed by atoms with Crippen LogP contribution in [0.1, 0.15) is 12.8 Å². The second-order valence-electron chi connectivity index (χ2n) is 9.58. The molecule has 1 amide bonds. The summed E-state index contributed by atoms with van der Waals surface area (Å²) in [6.45, 7) is 10.9. The summed E-state index contributed by atoms with van der Waals surface area (Å²) in [5.74, 6) is 0.276. The van der Waals surface area contributed by atoms with Crippen LogP contribution in [-0.4, -0.2) is 50.0 Å². The number of ether oxygens (including phenoxy) is 1. The fraction of sp³-hybridized carbons (Fsp3) is 0.545. The number of anilines is 1. The van der Waals surface area contributed by atoms with Gasteiger partial charge in [0.05, 0.1) is 11.6 Å². The topological polar surface area (TPSA) is 59.4 Å². The number of aromatic nitrogens is 2. The van der Waals surface area contributed by atoms with Gasteiger partial charge in [0.1, 0.15) is 6.73 Å². The molecule has 1 spiro atoms. The summed E-state index contributed by atoms with van der Waals surface area (Å²) >= 11 is 0. The van der Waals surface area contributed by atoms with Gasteiger partial charge in [-0.15, -0.1) is 0 Å². The highest BCUT2D eigenvalue weighted by atomic mass is 28.3. The zero-order valence-corrected chi connectivity index (χ0v) is 18.8. The SMILES string of the molecule is C[Si](C)(C)CCOCn1cc(-c2ccc(N3CCC4(CCNC4)C3=O)cc2)cn1. The quantitative estimate of drug-likeness (QED) is 0.558. The van der Waals surface area contributed by atoms with Crippen molar-refractivity contribution in [3.8, 4) is 11.1 Å². The smallest absolute Gasteiger partial charge is 0.234 e. The van der Waals surface area contributed by atoms with E-state index in [2.05, 4.69) is 54.3 Å². The lowest BCUT2D eigenvalue weighted by molar-refractivity contribution is -0.124. The Balaban J connectivity index is 1.36. The van der Waals surface area contributed by atoms with Crippen LogP contribution in [0.25, 0.3) is 11.1 Å². The van der Waals surface area contributed by atoms with Crippen molar-refractivity contribution in [2.45, 2.75) is 45.3 Å². The molecule has 1 unspecified atom stereocenters. The van der Waals surface area contributed by atoms with Crippen LogP contribution in [0.5, 0.6) is 0 Å². The van der Waals surface area contributed by atoms with Gasteiger partial charge in [0.2, 0.25) is 5.91 Å². The Labute approximate surface area is 174 Å². The van der Waals surface area contributed by atoms with Crippen LogP contribution < -0.4 is 10.2 Å². The van der Waals surface area contributed by atoms with Gasteiger partial charge in [-0.3, -0.25) is 4.79 Å². The van der Waals surface area contributed by atoms with Gasteiger partial charge in [0.25, 0.3) is 0 Å². The third-order valence-corrected chi connectivity index (χ3v) is 7.83. The summed E-state index contributed by atoms with van der Waals surface area (Å²) < 4.78 is 7.62. The van der Waals surface area contributed by atoms with Crippen molar-refractivity contribution in [3.63, 3.8) is 0 Å². The van der Waals surface area contributed by atoms with Crippen LogP contribution in [0.2, 0.25) is 25.7 Å². The van der Waals surface area contributed by atoms with Crippen molar-refractivity contribution >= 4 is 19.7 Å². The van der Waals surface area contributed by atoms with E-state index in [1.54, 1.807) is 0 Å². The number of rotatable bonds is 7. The largest absolute Gasteiger partial charge is 0.360 e. The van der Waals surface area contributed by atoms with Gasteiger partial charge in [-0.05, 0) is 43.1 Å². The van der Waals surface area contributed by atoms with E-state index < -0.39 is 8.07 Å². The summed E-state index contributed by atoms with van der Waals surface area (Å²) in [7, 11) is -1.06. The standard InChI is InChI=1S/C22H32N4O2Si/c1-29(2,3)13-12-28-17-25-15-19(14-24-25)18-4-6-20(7-5-18)26-11-9-22(21(26)27)8-10-23-16-22/h4-7,14-15,23H,8-13,16-17H2,1-3H3. The van der Waals surface area contributed by atoms with Crippen LogP contribution >= 0.6 is 0 Å². The first kappa shape index (κ1) is 20.3. The molecule has 1 N–H and O–H groups in total. The molecule has 0 saturated carbocycles. The molecule has 0 radical (unpaired) electrons. The van der Waals surface area contributed by atoms with E-state index >= 15 is 0 Å². The van der Waals surface area contributed by atoms with Gasteiger partial charge in [0.15, 0.2) is 0 Å². The Morgan fingerprint density at radius 1 is 1.17 bits per heavy atom. The van der Waals surface area contributed by atoms with Crippen molar-refractivity contribution < 1.29 is 9.53 Å². The molecule has 3 heterocycles. The molecule has 2 aromatic rings. The predicted octanol–water partition coefficient (Wildman–Crippen LogP) is 3.58. The van der Waals surface area contributed by atoms with Gasteiger partial charge in [-0.1, -0.05) is 31.8 Å². The second kappa shape index (κ2) is 8.05. The van der Waals surface area contributed by atoms with Crippen molar-refractivity contribution in [3.05, 3.63) is 36.7 Å². The maximum absolute atomic E-state index is 12.9. The van der Waals surface area contributed by atoms with E-state index in [1.807, 2.05) is 22.0 Å². The number of hydrogen-bond donors (Lipinski definition) is 1. The molecule has 4 rings (SSSR count). The van der Waals surface area contributed by atoms with Crippen molar-refractivity contribution in [1.82, 2.24) is 15.1 Å². The fourth-order valence-electron chi connectivity index (χ4n) is 4.16. The lowest BCUT2D eigenvalue weighted by atomic mass is 9.86. The van der Waals surface area contributed by atoms with Crippen LogP contribution in [0.3, 0.4) is 0 Å². The van der Waals surface area contributed by atoms with Crippen LogP contribution in [-0.2, 0) is 16.3 Å². The van der Waals surface area contributed by atoms with E-state index in [-0.39, 0.29) is 11.3 Å². The van der Waals surface area contributed by atoms with E-state index in [9.17, 15) is 4.79 Å². The predicted molar refractivity (Wildman–Crippen MR) is 119 cm³/mol. The van der Waals surface area contributed by atoms with Crippen LogP contribution in [0, 0.1) is 5.41 Å². The zero-order chi connectivity index (χ0) is 20.5. The molecule has 7 heteroatoms. The molecule has 0 aliphatic carbocycles. The molecule has 2 fully saturated rings. The third kappa shape index (κ3) is 4.47. The number of benzene rings is 1. The summed E-state index contributed by atoms with van der Waals surface area (Å²) in [6, 6.07) is 9.42. The van der Waals surface area contributed by atoms with Crippen molar-refractivity contribution in [1.29, 1.82) is 0 Å². The highest BCUT2D eigenvalue weighted by Crippen LogP contribution is 2.39. The average Bonchev–Trinajstić information content (AvgIpc) is 3.42. The molecule has 6 nitrogen and oxygen atoms in total. The monoisotopic (exact) mass is 412 g/mol. The first-order valence-corrected chi connectivity index (χ1v) is 14.3. The van der Waals surface area contributed by atoms with Gasteiger partial charge in [-0.25, -0.2) is 4.68 Å². The minimum Gasteiger partial charge on any atom is -0.360 e. The van der Waals surface area contributed by atoms with Gasteiger partial charge in [0, 0.05) is 45.2 Å². The van der Waals surface area contributed by atoms with Crippen LogP contribution in [0.15, 0.2) is 36.7 Å². The molecule has 0 bridgehead atoms. The van der Waals surface area contributed by atoms with Crippen molar-refractivity contribution in [2.75, 3.05) is 31.1 Å². The second-order valence-corrected chi connectivity index (χ2v) is 15.2. The van der Waals surface area contributed by atoms with Crippen molar-refractivity contribution in [2.24, 2.45) is 5.41 Å². The number of carbonyl (C=O) groups is 1. The number of hydrogen-bond acceptors (Lipinski definition) is 4. The zero-order valence-electron chi connectivity index (χ0n) is 17.8. The highest BCUT2D eigenvalue weighted by molar-refractivity contribution is 6.76. The Morgan fingerprint density at radius 3 is 2.66 bits per heavy atom. The summed E-state index contributed by atoms with van der Waals surface area (Å²) in [4.78, 5) is 14.9. The molecular formula is C22H32N4O2Si. The number of nitrogens with one attached hydrogen (secondary N) is 1. The van der Waals surface area contributed by atoms with E-state index in [4.69, 9.17) is 4.74 Å². The maximum Gasteiger partial charge on any atom is 0.234 e. The molecule has 1 aromatic carbocycles. The van der Waals surface area contributed by atoms with E-state index in [0.717, 1.165) is 61.9 Å². The Hall–Kier alpha value is -1.96. The Morgan fingerprint density at radius 2 is 1.97 bits per heavy atom. The summed E-state index contributed by atoms with van der Waals surface area (Å²) in [6.07, 6.45) is 5.80. The fourth-order valence-corrected chi connectivity index (χ4v) is 4.92. The lowest BCUT2D eigenvalue weighted by Gasteiger charge is -2.22. The van der Waals surface area contributed by atoms with Gasteiger partial charge < -0.3 is 15.0 Å². The molecule has 29 heavy (non-hydrogen) atoms. The molecule has 1 aromatic heterocycles. The van der Waals surface area contributed by atoms with Gasteiger partial charge in [-0.2, -0.15) is 5.10 Å². The highest BCUT2D eigenvalue weighted by Gasteiger charge is 2.48. The summed E-state index contributed by atoms with van der Waals surface area (Å²) in [5, 5.41) is 7.77. The molecule has 2 aliphatic heterocycles. The first-order chi connectivity index (χ1) is 13.9. The number of amides is 1. The minimum absolute atomic E-state index is 0.171. The van der Waals surface area contributed by atoms with Crippen LogP contribution in [0.4, 0.5) is 5.69 Å². The number of nitrogens with zero attached hydrogens (tertiary/aromatic N) is 3. The minimum atomic E-state index is -1.06. The molecule has 2 aliphatic rings. The Bertz CT molecular complexity index is 850. The number of carbonyl (C=O) groups excluding carboxylic acids is 1. The molecule has 1 atom stereocenters. The summed E-state index contributed by atoms with van der Waals surface area (Å²) in [5.41, 5.74) is 2.99. The van der Waals surface area contributed by atoms with E-state index in [0.29, 0.717) is 6.73 Å². The maximum atomic E-state index is 12.9. The third-order valence-electron chi connectivity index (χ3n) is 6.12. The normalized spacial score (nSPS) is 22.2.